The highest BCUT2D eigenvalue weighted by Gasteiger charge is 2.23. The van der Waals surface area contributed by atoms with Gasteiger partial charge in [0.1, 0.15) is 5.82 Å². The second kappa shape index (κ2) is 11.6. The summed E-state index contributed by atoms with van der Waals surface area (Å²) in [5, 5.41) is 2.83. The lowest BCUT2D eigenvalue weighted by atomic mass is 10.2. The highest BCUT2D eigenvalue weighted by molar-refractivity contribution is 5.81. The Morgan fingerprint density at radius 3 is 2.26 bits per heavy atom. The van der Waals surface area contributed by atoms with Crippen molar-refractivity contribution in [3.63, 3.8) is 0 Å². The number of carbonyl (C=O) groups excluding carboxylic acids is 2. The third-order valence-electron chi connectivity index (χ3n) is 5.55. The maximum Gasteiger partial charge on any atom is 0.236 e. The first-order valence-electron chi connectivity index (χ1n) is 10.8. The Labute approximate surface area is 183 Å². The summed E-state index contributed by atoms with van der Waals surface area (Å²) in [6.45, 7) is 7.32. The average molecular weight is 427 g/mol. The minimum absolute atomic E-state index is 0.0625. The van der Waals surface area contributed by atoms with Gasteiger partial charge in [0.15, 0.2) is 0 Å². The highest BCUT2D eigenvalue weighted by atomic mass is 19.1. The van der Waals surface area contributed by atoms with E-state index in [0.29, 0.717) is 26.2 Å². The van der Waals surface area contributed by atoms with Crippen LogP contribution in [0.15, 0.2) is 54.6 Å². The van der Waals surface area contributed by atoms with Crippen LogP contribution in [-0.2, 0) is 22.7 Å². The van der Waals surface area contributed by atoms with E-state index in [1.54, 1.807) is 12.1 Å². The number of carbonyl (C=O) groups is 2. The van der Waals surface area contributed by atoms with E-state index >= 15 is 0 Å². The van der Waals surface area contributed by atoms with Gasteiger partial charge in [0.2, 0.25) is 11.8 Å². The Hall–Kier alpha value is -2.77. The van der Waals surface area contributed by atoms with Crippen LogP contribution < -0.4 is 5.32 Å². The predicted octanol–water partition coefficient (Wildman–Crippen LogP) is 2.11. The van der Waals surface area contributed by atoms with Gasteiger partial charge in [-0.25, -0.2) is 4.39 Å². The van der Waals surface area contributed by atoms with Gasteiger partial charge in [0.25, 0.3) is 0 Å². The molecule has 0 radical (unpaired) electrons. The van der Waals surface area contributed by atoms with Crippen molar-refractivity contribution < 1.29 is 14.0 Å². The minimum Gasteiger partial charge on any atom is -0.351 e. The largest absolute Gasteiger partial charge is 0.351 e. The van der Waals surface area contributed by atoms with Gasteiger partial charge in [-0.3, -0.25) is 19.4 Å². The van der Waals surface area contributed by atoms with Crippen LogP contribution >= 0.6 is 0 Å². The minimum atomic E-state index is -0.299. The molecule has 1 aliphatic rings. The van der Waals surface area contributed by atoms with Crippen molar-refractivity contribution in [2.75, 3.05) is 45.8 Å². The molecule has 2 aromatic rings. The molecule has 1 aliphatic heterocycles. The maximum atomic E-state index is 13.0. The number of piperazine rings is 1. The molecule has 2 amide bonds. The lowest BCUT2D eigenvalue weighted by Crippen LogP contribution is -2.51. The topological polar surface area (TPSA) is 55.9 Å². The van der Waals surface area contributed by atoms with Gasteiger partial charge in [0.05, 0.1) is 13.1 Å². The molecule has 1 fully saturated rings. The van der Waals surface area contributed by atoms with Gasteiger partial charge >= 0.3 is 0 Å². The smallest absolute Gasteiger partial charge is 0.236 e. The lowest BCUT2D eigenvalue weighted by molar-refractivity contribution is -0.134. The summed E-state index contributed by atoms with van der Waals surface area (Å²) < 4.78 is 13.0. The molecule has 0 atom stereocenters. The Bertz CT molecular complexity index is 836. The Kier molecular flexibility index (Phi) is 8.55. The molecule has 166 valence electrons. The fraction of sp³-hybridized carbons (Fsp3) is 0.417. The second-order valence-electron chi connectivity index (χ2n) is 7.85. The number of amides is 2. The SMILES string of the molecule is CCN(CC(=O)NCc1ccc(F)cc1)CC(=O)N1CCN(Cc2ccccc2)CC1. The molecule has 0 bridgehead atoms. The van der Waals surface area contributed by atoms with Gasteiger partial charge in [-0.05, 0) is 29.8 Å². The van der Waals surface area contributed by atoms with Crippen LogP contribution in [0.4, 0.5) is 4.39 Å². The molecule has 3 rings (SSSR count). The molecule has 31 heavy (non-hydrogen) atoms. The standard InChI is InChI=1S/C24H31FN4O2/c1-2-27(18-23(30)26-16-20-8-10-22(25)11-9-20)19-24(31)29-14-12-28(13-15-29)17-21-6-4-3-5-7-21/h3-11H,2,12-19H2,1H3,(H,26,30). The number of rotatable bonds is 9. The van der Waals surface area contributed by atoms with E-state index in [2.05, 4.69) is 22.3 Å². The van der Waals surface area contributed by atoms with E-state index in [9.17, 15) is 14.0 Å². The van der Waals surface area contributed by atoms with Crippen LogP contribution in [0.2, 0.25) is 0 Å². The highest BCUT2D eigenvalue weighted by Crippen LogP contribution is 2.09. The quantitative estimate of drug-likeness (QED) is 0.667. The molecule has 0 saturated carbocycles. The third kappa shape index (κ3) is 7.45. The summed E-state index contributed by atoms with van der Waals surface area (Å²) >= 11 is 0. The van der Waals surface area contributed by atoms with Crippen molar-refractivity contribution in [1.29, 1.82) is 0 Å². The van der Waals surface area contributed by atoms with E-state index < -0.39 is 0 Å². The molecular weight excluding hydrogens is 395 g/mol. The molecule has 2 aromatic carbocycles. The van der Waals surface area contributed by atoms with Gasteiger partial charge in [-0.2, -0.15) is 0 Å². The van der Waals surface area contributed by atoms with Gasteiger partial charge in [0, 0.05) is 39.3 Å². The molecule has 1 saturated heterocycles. The van der Waals surface area contributed by atoms with E-state index in [4.69, 9.17) is 0 Å². The predicted molar refractivity (Wildman–Crippen MR) is 119 cm³/mol. The summed E-state index contributed by atoms with van der Waals surface area (Å²) in [6, 6.07) is 16.4. The lowest BCUT2D eigenvalue weighted by Gasteiger charge is -2.35. The molecule has 0 unspecified atom stereocenters. The van der Waals surface area contributed by atoms with E-state index in [1.165, 1.54) is 17.7 Å². The zero-order chi connectivity index (χ0) is 22.1. The fourth-order valence-corrected chi connectivity index (χ4v) is 3.63. The number of hydrogen-bond acceptors (Lipinski definition) is 4. The number of halogens is 1. The summed E-state index contributed by atoms with van der Waals surface area (Å²) in [4.78, 5) is 31.1. The van der Waals surface area contributed by atoms with Crippen LogP contribution in [0.1, 0.15) is 18.1 Å². The van der Waals surface area contributed by atoms with Crippen molar-refractivity contribution in [3.05, 3.63) is 71.5 Å². The summed E-state index contributed by atoms with van der Waals surface area (Å²) in [6.07, 6.45) is 0. The van der Waals surface area contributed by atoms with Crippen LogP contribution in [0.3, 0.4) is 0 Å². The monoisotopic (exact) mass is 426 g/mol. The van der Waals surface area contributed by atoms with E-state index in [1.807, 2.05) is 34.9 Å². The van der Waals surface area contributed by atoms with Crippen molar-refractivity contribution in [1.82, 2.24) is 20.0 Å². The molecular formula is C24H31FN4O2. The number of nitrogens with zero attached hydrogens (tertiary/aromatic N) is 3. The van der Waals surface area contributed by atoms with E-state index in [-0.39, 0.29) is 30.7 Å². The maximum absolute atomic E-state index is 13.0. The molecule has 0 aliphatic carbocycles. The first-order valence-corrected chi connectivity index (χ1v) is 10.8. The number of nitrogens with one attached hydrogen (secondary N) is 1. The number of benzene rings is 2. The second-order valence-corrected chi connectivity index (χ2v) is 7.85. The normalized spacial score (nSPS) is 14.6. The molecule has 1 N–H and O–H groups in total. The van der Waals surface area contributed by atoms with E-state index in [0.717, 1.165) is 25.2 Å². The van der Waals surface area contributed by atoms with Crippen molar-refractivity contribution in [2.24, 2.45) is 0 Å². The molecule has 0 spiro atoms. The molecule has 1 heterocycles. The summed E-state index contributed by atoms with van der Waals surface area (Å²) in [5.41, 5.74) is 2.12. The number of hydrogen-bond donors (Lipinski definition) is 1. The van der Waals surface area contributed by atoms with Gasteiger partial charge in [-0.15, -0.1) is 0 Å². The van der Waals surface area contributed by atoms with Gasteiger partial charge in [-0.1, -0.05) is 49.4 Å². The van der Waals surface area contributed by atoms with Crippen LogP contribution in [0.5, 0.6) is 0 Å². The first kappa shape index (κ1) is 22.9. The van der Waals surface area contributed by atoms with Gasteiger partial charge < -0.3 is 10.2 Å². The zero-order valence-corrected chi connectivity index (χ0v) is 18.1. The average Bonchev–Trinajstić information content (AvgIpc) is 2.79. The Balaban J connectivity index is 1.39. The van der Waals surface area contributed by atoms with Crippen LogP contribution in [0.25, 0.3) is 0 Å². The van der Waals surface area contributed by atoms with Crippen molar-refractivity contribution >= 4 is 11.8 Å². The Morgan fingerprint density at radius 2 is 1.61 bits per heavy atom. The summed E-state index contributed by atoms with van der Waals surface area (Å²) in [5.74, 6) is -0.383. The first-order chi connectivity index (χ1) is 15.0. The molecule has 7 heteroatoms. The molecule has 6 nitrogen and oxygen atoms in total. The fourth-order valence-electron chi connectivity index (χ4n) is 3.63. The van der Waals surface area contributed by atoms with Crippen LogP contribution in [-0.4, -0.2) is 72.3 Å². The summed E-state index contributed by atoms with van der Waals surface area (Å²) in [7, 11) is 0. The Morgan fingerprint density at radius 1 is 0.935 bits per heavy atom. The van der Waals surface area contributed by atoms with Crippen molar-refractivity contribution in [3.8, 4) is 0 Å². The zero-order valence-electron chi connectivity index (χ0n) is 18.1. The third-order valence-corrected chi connectivity index (χ3v) is 5.55. The number of likely N-dealkylation sites (N-methyl/N-ethyl adjacent to an activating group) is 1. The molecule has 0 aromatic heterocycles. The van der Waals surface area contributed by atoms with Crippen LogP contribution in [0, 0.1) is 5.82 Å². The van der Waals surface area contributed by atoms with Crippen molar-refractivity contribution in [2.45, 2.75) is 20.0 Å².